The van der Waals surface area contributed by atoms with Crippen LogP contribution in [0.5, 0.6) is 0 Å². The van der Waals surface area contributed by atoms with Gasteiger partial charge in [-0.15, -0.1) is 11.3 Å². The summed E-state index contributed by atoms with van der Waals surface area (Å²) < 4.78 is 16.2. The lowest BCUT2D eigenvalue weighted by Gasteiger charge is -2.39. The maximum atomic E-state index is 15.2. The molecule has 0 spiro atoms. The second kappa shape index (κ2) is 11.2. The maximum Gasteiger partial charge on any atom is 0.266 e. The van der Waals surface area contributed by atoms with Crippen molar-refractivity contribution >= 4 is 38.9 Å². The van der Waals surface area contributed by atoms with Gasteiger partial charge in [-0.1, -0.05) is 48.0 Å². The van der Waals surface area contributed by atoms with E-state index in [0.717, 1.165) is 46.9 Å². The summed E-state index contributed by atoms with van der Waals surface area (Å²) in [5, 5.41) is 10.6. The normalized spacial score (nSPS) is 17.5. The van der Waals surface area contributed by atoms with Crippen LogP contribution >= 0.6 is 22.9 Å². The molecule has 0 aliphatic heterocycles. The highest BCUT2D eigenvalue weighted by Crippen LogP contribution is 2.38. The molecule has 1 amide bonds. The average Bonchev–Trinajstić information content (AvgIpc) is 3.28. The number of hydrogen-bond acceptors (Lipinski definition) is 4. The topological polar surface area (TPSA) is 47.3 Å². The van der Waals surface area contributed by atoms with Crippen LogP contribution in [0.4, 0.5) is 4.39 Å². The smallest absolute Gasteiger partial charge is 0.266 e. The minimum absolute atomic E-state index is 0.00930. The highest BCUT2D eigenvalue weighted by Gasteiger charge is 2.32. The first-order valence-electron chi connectivity index (χ1n) is 12.8. The van der Waals surface area contributed by atoms with Crippen molar-refractivity contribution in [2.45, 2.75) is 44.3 Å². The predicted molar refractivity (Wildman–Crippen MR) is 153 cm³/mol. The molecule has 0 N–H and O–H groups in total. The Balaban J connectivity index is 1.51. The molecule has 1 aliphatic carbocycles. The van der Waals surface area contributed by atoms with Crippen LogP contribution in [0.25, 0.3) is 21.2 Å². The van der Waals surface area contributed by atoms with Crippen LogP contribution in [-0.4, -0.2) is 41.9 Å². The SMILES string of the molecule is CN(C)[C@H]1CC[C@H](N(Cc2cc(-c3cccc(C#N)c3)ccc2F)C(=O)c2sc3ccccc3c2Cl)CC1. The molecule has 3 aromatic carbocycles. The summed E-state index contributed by atoms with van der Waals surface area (Å²) in [6.07, 6.45) is 3.65. The molecule has 0 unspecified atom stereocenters. The van der Waals surface area contributed by atoms with Crippen molar-refractivity contribution in [2.24, 2.45) is 0 Å². The van der Waals surface area contributed by atoms with Gasteiger partial charge < -0.3 is 9.80 Å². The number of halogens is 2. The van der Waals surface area contributed by atoms with E-state index in [0.29, 0.717) is 27.1 Å². The van der Waals surface area contributed by atoms with Gasteiger partial charge in [0.15, 0.2) is 0 Å². The van der Waals surface area contributed by atoms with Crippen LogP contribution in [-0.2, 0) is 6.54 Å². The predicted octanol–water partition coefficient (Wildman–Crippen LogP) is 7.75. The number of hydrogen-bond donors (Lipinski definition) is 0. The molecule has 1 saturated carbocycles. The lowest BCUT2D eigenvalue weighted by Crippen LogP contribution is -2.44. The van der Waals surface area contributed by atoms with Crippen molar-refractivity contribution in [3.8, 4) is 17.2 Å². The van der Waals surface area contributed by atoms with Gasteiger partial charge in [-0.05, 0) is 81.2 Å². The first kappa shape index (κ1) is 26.4. The Morgan fingerprint density at radius 3 is 2.42 bits per heavy atom. The van der Waals surface area contributed by atoms with Gasteiger partial charge in [0.05, 0.1) is 16.7 Å². The zero-order chi connectivity index (χ0) is 26.8. The van der Waals surface area contributed by atoms with E-state index in [1.165, 1.54) is 17.4 Å². The zero-order valence-electron chi connectivity index (χ0n) is 21.5. The van der Waals surface area contributed by atoms with Gasteiger partial charge in [0.25, 0.3) is 5.91 Å². The van der Waals surface area contributed by atoms with E-state index < -0.39 is 0 Å². The molecule has 0 saturated heterocycles. The van der Waals surface area contributed by atoms with Gasteiger partial charge in [0.1, 0.15) is 10.7 Å². The molecule has 1 heterocycles. The summed E-state index contributed by atoms with van der Waals surface area (Å²) in [5.74, 6) is -0.506. The number of thiophene rings is 1. The molecule has 1 fully saturated rings. The van der Waals surface area contributed by atoms with Crippen molar-refractivity contribution in [1.29, 1.82) is 5.26 Å². The van der Waals surface area contributed by atoms with Crippen LogP contribution < -0.4 is 0 Å². The van der Waals surface area contributed by atoms with Crippen molar-refractivity contribution < 1.29 is 9.18 Å². The molecule has 4 aromatic rings. The van der Waals surface area contributed by atoms with Gasteiger partial charge in [0.2, 0.25) is 0 Å². The van der Waals surface area contributed by atoms with Crippen molar-refractivity contribution in [1.82, 2.24) is 9.80 Å². The molecule has 4 nitrogen and oxygen atoms in total. The van der Waals surface area contributed by atoms with Crippen LogP contribution in [0.2, 0.25) is 5.02 Å². The second-order valence-electron chi connectivity index (χ2n) is 10.1. The Morgan fingerprint density at radius 2 is 1.71 bits per heavy atom. The van der Waals surface area contributed by atoms with E-state index in [9.17, 15) is 10.1 Å². The van der Waals surface area contributed by atoms with E-state index in [2.05, 4.69) is 25.1 Å². The monoisotopic (exact) mass is 545 g/mol. The molecule has 5 rings (SSSR count). The largest absolute Gasteiger partial charge is 0.330 e. The van der Waals surface area contributed by atoms with Crippen LogP contribution in [0.15, 0.2) is 66.7 Å². The molecule has 0 radical (unpaired) electrons. The standard InChI is InChI=1S/C31H29ClFN3OS/c1-35(2)24-11-13-25(14-12-24)36(31(37)30-29(32)26-8-3-4-9-28(26)38-30)19-23-17-22(10-15-27(23)33)21-7-5-6-20(16-21)18-34/h3-10,15-17,24-25H,11-14,19H2,1-2H3/t24-,25-. The molecule has 1 aromatic heterocycles. The summed E-state index contributed by atoms with van der Waals surface area (Å²) in [6, 6.07) is 22.6. The van der Waals surface area contributed by atoms with E-state index in [1.807, 2.05) is 41.3 Å². The quantitative estimate of drug-likeness (QED) is 0.249. The molecule has 7 heteroatoms. The number of carbonyl (C=O) groups excluding carboxylic acids is 1. The van der Waals surface area contributed by atoms with Gasteiger partial charge in [-0.25, -0.2) is 4.39 Å². The molecule has 0 atom stereocenters. The highest BCUT2D eigenvalue weighted by molar-refractivity contribution is 7.21. The van der Waals surface area contributed by atoms with Gasteiger partial charge in [0, 0.05) is 34.3 Å². The van der Waals surface area contributed by atoms with E-state index in [-0.39, 0.29) is 24.3 Å². The maximum absolute atomic E-state index is 15.2. The molecule has 38 heavy (non-hydrogen) atoms. The fraction of sp³-hybridized carbons (Fsp3) is 0.290. The van der Waals surface area contributed by atoms with Crippen molar-refractivity contribution in [3.05, 3.63) is 93.6 Å². The number of rotatable bonds is 6. The molecule has 1 aliphatic rings. The van der Waals surface area contributed by atoms with Crippen molar-refractivity contribution in [3.63, 3.8) is 0 Å². The Morgan fingerprint density at radius 1 is 1.00 bits per heavy atom. The van der Waals surface area contributed by atoms with E-state index in [1.54, 1.807) is 24.3 Å². The molecular weight excluding hydrogens is 517 g/mol. The Labute approximate surface area is 231 Å². The third-order valence-electron chi connectivity index (χ3n) is 7.54. The Bertz CT molecular complexity index is 1520. The minimum atomic E-state index is -0.354. The Kier molecular flexibility index (Phi) is 7.80. The van der Waals surface area contributed by atoms with E-state index >= 15 is 4.39 Å². The molecule has 0 bridgehead atoms. The number of fused-ring (bicyclic) bond motifs is 1. The lowest BCUT2D eigenvalue weighted by atomic mass is 9.89. The fourth-order valence-corrected chi connectivity index (χ4v) is 6.83. The van der Waals surface area contributed by atoms with Crippen LogP contribution in [0, 0.1) is 17.1 Å². The number of nitriles is 1. The van der Waals surface area contributed by atoms with Crippen molar-refractivity contribution in [2.75, 3.05) is 14.1 Å². The van der Waals surface area contributed by atoms with Crippen LogP contribution in [0.3, 0.4) is 0 Å². The zero-order valence-corrected chi connectivity index (χ0v) is 23.0. The van der Waals surface area contributed by atoms with Crippen LogP contribution in [0.1, 0.15) is 46.5 Å². The number of nitrogens with zero attached hydrogens (tertiary/aromatic N) is 3. The average molecular weight is 546 g/mol. The summed E-state index contributed by atoms with van der Waals surface area (Å²) >= 11 is 8.12. The van der Waals surface area contributed by atoms with Gasteiger partial charge in [-0.3, -0.25) is 4.79 Å². The first-order chi connectivity index (χ1) is 18.4. The Hall–Kier alpha value is -3.24. The van der Waals surface area contributed by atoms with E-state index in [4.69, 9.17) is 11.6 Å². The number of carbonyl (C=O) groups is 1. The van der Waals surface area contributed by atoms with Gasteiger partial charge in [-0.2, -0.15) is 5.26 Å². The number of benzene rings is 3. The summed E-state index contributed by atoms with van der Waals surface area (Å²) in [5.41, 5.74) is 2.64. The fourth-order valence-electron chi connectivity index (χ4n) is 5.36. The summed E-state index contributed by atoms with van der Waals surface area (Å²) in [4.78, 5) is 18.7. The number of amides is 1. The van der Waals surface area contributed by atoms with Gasteiger partial charge >= 0.3 is 0 Å². The summed E-state index contributed by atoms with van der Waals surface area (Å²) in [7, 11) is 4.18. The minimum Gasteiger partial charge on any atom is -0.330 e. The summed E-state index contributed by atoms with van der Waals surface area (Å²) in [6.45, 7) is 0.151. The second-order valence-corrected chi connectivity index (χ2v) is 11.5. The molecule has 194 valence electrons. The first-order valence-corrected chi connectivity index (χ1v) is 14.0. The third-order valence-corrected chi connectivity index (χ3v) is 9.20. The molecular formula is C31H29ClFN3OS. The third kappa shape index (κ3) is 5.33. The lowest BCUT2D eigenvalue weighted by molar-refractivity contribution is 0.0572. The highest BCUT2D eigenvalue weighted by atomic mass is 35.5.